The van der Waals surface area contributed by atoms with E-state index in [1.807, 2.05) is 6.07 Å². The van der Waals surface area contributed by atoms with Crippen molar-refractivity contribution in [3.8, 4) is 16.3 Å². The van der Waals surface area contributed by atoms with Crippen molar-refractivity contribution >= 4 is 11.3 Å². The topological polar surface area (TPSA) is 34.1 Å². The molecule has 94 valence electrons. The van der Waals surface area contributed by atoms with Crippen LogP contribution >= 0.6 is 11.3 Å². The van der Waals surface area contributed by atoms with Crippen molar-refractivity contribution in [1.29, 1.82) is 0 Å². The zero-order valence-electron chi connectivity index (χ0n) is 10.00. The zero-order chi connectivity index (χ0) is 12.5. The van der Waals surface area contributed by atoms with Gasteiger partial charge in [-0.1, -0.05) is 0 Å². The fourth-order valence-electron chi connectivity index (χ4n) is 2.05. The number of benzene rings is 1. The molecule has 1 aliphatic rings. The number of rotatable bonds is 2. The molecule has 2 aromatic rings. The number of aromatic nitrogens is 1. The van der Waals surface area contributed by atoms with Gasteiger partial charge in [0.25, 0.3) is 0 Å². The second-order valence-corrected chi connectivity index (χ2v) is 5.25. The molecule has 0 unspecified atom stereocenters. The van der Waals surface area contributed by atoms with Crippen LogP contribution in [0.2, 0.25) is 0 Å². The summed E-state index contributed by atoms with van der Waals surface area (Å²) in [5, 5.41) is 4.19. The van der Waals surface area contributed by atoms with Crippen LogP contribution < -0.4 is 10.1 Å². The Morgan fingerprint density at radius 3 is 3.06 bits per heavy atom. The number of nitrogens with one attached hydrogen (secondary N) is 1. The van der Waals surface area contributed by atoms with Gasteiger partial charge in [0.15, 0.2) is 11.6 Å². The number of ether oxygens (including phenoxy) is 1. The lowest BCUT2D eigenvalue weighted by Gasteiger charge is -2.09. The minimum Gasteiger partial charge on any atom is -0.494 e. The maximum atomic E-state index is 13.7. The van der Waals surface area contributed by atoms with E-state index < -0.39 is 0 Å². The molecule has 0 saturated carbocycles. The summed E-state index contributed by atoms with van der Waals surface area (Å²) in [5.41, 5.74) is 1.96. The van der Waals surface area contributed by atoms with Gasteiger partial charge in [-0.15, -0.1) is 11.3 Å². The number of hydrogen-bond donors (Lipinski definition) is 1. The molecule has 3 nitrogen and oxygen atoms in total. The normalized spacial score (nSPS) is 14.3. The maximum absolute atomic E-state index is 13.7. The van der Waals surface area contributed by atoms with Gasteiger partial charge in [-0.2, -0.15) is 0 Å². The Labute approximate surface area is 109 Å². The predicted octanol–water partition coefficient (Wildman–Crippen LogP) is 2.60. The molecule has 1 aliphatic heterocycles. The van der Waals surface area contributed by atoms with Crippen molar-refractivity contribution in [2.75, 3.05) is 13.7 Å². The number of methoxy groups -OCH3 is 1. The van der Waals surface area contributed by atoms with Gasteiger partial charge in [-0.3, -0.25) is 0 Å². The predicted molar refractivity (Wildman–Crippen MR) is 69.5 cm³/mol. The van der Waals surface area contributed by atoms with E-state index >= 15 is 0 Å². The van der Waals surface area contributed by atoms with Crippen LogP contribution in [0.25, 0.3) is 10.6 Å². The second kappa shape index (κ2) is 4.66. The van der Waals surface area contributed by atoms with E-state index in [-0.39, 0.29) is 11.6 Å². The molecule has 0 fully saturated rings. The number of hydrogen-bond acceptors (Lipinski definition) is 4. The quantitative estimate of drug-likeness (QED) is 0.905. The molecule has 1 aromatic carbocycles. The fourth-order valence-corrected chi connectivity index (χ4v) is 3.12. The van der Waals surface area contributed by atoms with E-state index in [1.54, 1.807) is 17.4 Å². The van der Waals surface area contributed by atoms with E-state index in [9.17, 15) is 4.39 Å². The Balaban J connectivity index is 1.99. The summed E-state index contributed by atoms with van der Waals surface area (Å²) in [6.07, 6.45) is 0.949. The Morgan fingerprint density at radius 2 is 2.33 bits per heavy atom. The molecule has 0 bridgehead atoms. The van der Waals surface area contributed by atoms with Crippen molar-refractivity contribution < 1.29 is 9.13 Å². The summed E-state index contributed by atoms with van der Waals surface area (Å²) in [5.74, 6) is -0.0805. The minimum absolute atomic E-state index is 0.265. The lowest BCUT2D eigenvalue weighted by molar-refractivity contribution is 0.386. The fraction of sp³-hybridized carbons (Fsp3) is 0.308. The van der Waals surface area contributed by atoms with Crippen molar-refractivity contribution in [3.63, 3.8) is 0 Å². The minimum atomic E-state index is -0.346. The van der Waals surface area contributed by atoms with Gasteiger partial charge in [0.05, 0.1) is 12.8 Å². The Bertz CT molecular complexity index is 559. The SMILES string of the molecule is COc1ccc(-c2nc3c(s2)CNCC3)cc1F. The molecule has 1 N–H and O–H groups in total. The highest BCUT2D eigenvalue weighted by Gasteiger charge is 2.16. The number of fused-ring (bicyclic) bond motifs is 1. The summed E-state index contributed by atoms with van der Waals surface area (Å²) in [4.78, 5) is 5.85. The first kappa shape index (κ1) is 11.6. The van der Waals surface area contributed by atoms with Crippen molar-refractivity contribution in [1.82, 2.24) is 10.3 Å². The van der Waals surface area contributed by atoms with Crippen LogP contribution in [0.1, 0.15) is 10.6 Å². The van der Waals surface area contributed by atoms with Crippen LogP contribution in [0.3, 0.4) is 0 Å². The summed E-state index contributed by atoms with van der Waals surface area (Å²) in [6, 6.07) is 4.97. The van der Waals surface area contributed by atoms with Crippen LogP contribution in [0.15, 0.2) is 18.2 Å². The molecule has 0 spiro atoms. The smallest absolute Gasteiger partial charge is 0.165 e. The lowest BCUT2D eigenvalue weighted by Crippen LogP contribution is -2.22. The molecule has 1 aromatic heterocycles. The van der Waals surface area contributed by atoms with Crippen LogP contribution in [0.4, 0.5) is 4.39 Å². The van der Waals surface area contributed by atoms with Gasteiger partial charge in [-0.25, -0.2) is 9.37 Å². The van der Waals surface area contributed by atoms with Gasteiger partial charge in [0.1, 0.15) is 5.01 Å². The molecule has 0 saturated heterocycles. The first-order valence-electron chi connectivity index (χ1n) is 5.81. The van der Waals surface area contributed by atoms with Gasteiger partial charge in [-0.05, 0) is 18.2 Å². The Morgan fingerprint density at radius 1 is 1.44 bits per heavy atom. The highest BCUT2D eigenvalue weighted by Crippen LogP contribution is 2.31. The summed E-state index contributed by atoms with van der Waals surface area (Å²) < 4.78 is 18.6. The molecule has 3 rings (SSSR count). The molecule has 0 atom stereocenters. The van der Waals surface area contributed by atoms with E-state index in [0.29, 0.717) is 0 Å². The van der Waals surface area contributed by atoms with Crippen molar-refractivity contribution in [2.24, 2.45) is 0 Å². The third-order valence-electron chi connectivity index (χ3n) is 3.00. The molecule has 5 heteroatoms. The number of nitrogens with zero attached hydrogens (tertiary/aromatic N) is 1. The van der Waals surface area contributed by atoms with Gasteiger partial charge in [0.2, 0.25) is 0 Å². The summed E-state index contributed by atoms with van der Waals surface area (Å²) in [6.45, 7) is 1.83. The summed E-state index contributed by atoms with van der Waals surface area (Å²) in [7, 11) is 1.46. The highest BCUT2D eigenvalue weighted by atomic mass is 32.1. The lowest BCUT2D eigenvalue weighted by atomic mass is 10.2. The van der Waals surface area contributed by atoms with Crippen molar-refractivity contribution in [2.45, 2.75) is 13.0 Å². The standard InChI is InChI=1S/C13H13FN2OS/c1-17-11-3-2-8(6-9(11)14)13-16-10-4-5-15-7-12(10)18-13/h2-3,6,15H,4-5,7H2,1H3. The van der Waals surface area contributed by atoms with E-state index in [0.717, 1.165) is 35.8 Å². The third-order valence-corrected chi connectivity index (χ3v) is 4.15. The van der Waals surface area contributed by atoms with Crippen LogP contribution in [0, 0.1) is 5.82 Å². The van der Waals surface area contributed by atoms with Crippen LogP contribution in [-0.2, 0) is 13.0 Å². The Hall–Kier alpha value is -1.46. The molecular formula is C13H13FN2OS. The average Bonchev–Trinajstić information content (AvgIpc) is 2.82. The number of thiazole rings is 1. The van der Waals surface area contributed by atoms with Gasteiger partial charge >= 0.3 is 0 Å². The summed E-state index contributed by atoms with van der Waals surface area (Å²) >= 11 is 1.63. The van der Waals surface area contributed by atoms with Crippen LogP contribution in [-0.4, -0.2) is 18.6 Å². The molecule has 0 radical (unpaired) electrons. The van der Waals surface area contributed by atoms with E-state index in [2.05, 4.69) is 10.3 Å². The van der Waals surface area contributed by atoms with Crippen molar-refractivity contribution in [3.05, 3.63) is 34.6 Å². The van der Waals surface area contributed by atoms with E-state index in [1.165, 1.54) is 18.1 Å². The molecule has 18 heavy (non-hydrogen) atoms. The maximum Gasteiger partial charge on any atom is 0.165 e. The molecule has 0 amide bonds. The largest absolute Gasteiger partial charge is 0.494 e. The van der Waals surface area contributed by atoms with E-state index in [4.69, 9.17) is 4.74 Å². The van der Waals surface area contributed by atoms with Gasteiger partial charge in [0, 0.05) is 30.0 Å². The third kappa shape index (κ3) is 2.00. The van der Waals surface area contributed by atoms with Gasteiger partial charge < -0.3 is 10.1 Å². The zero-order valence-corrected chi connectivity index (χ0v) is 10.8. The average molecular weight is 264 g/mol. The van der Waals surface area contributed by atoms with Crippen LogP contribution in [0.5, 0.6) is 5.75 Å². The first-order valence-corrected chi connectivity index (χ1v) is 6.63. The molecule has 2 heterocycles. The second-order valence-electron chi connectivity index (χ2n) is 4.16. The Kier molecular flexibility index (Phi) is 3.01. The number of halogens is 1. The molecule has 0 aliphatic carbocycles. The molecular weight excluding hydrogens is 251 g/mol. The monoisotopic (exact) mass is 264 g/mol. The highest BCUT2D eigenvalue weighted by molar-refractivity contribution is 7.15. The first-order chi connectivity index (χ1) is 8.78.